The first kappa shape index (κ1) is 24.6. The molecule has 174 valence electrons. The van der Waals surface area contributed by atoms with Crippen LogP contribution in [0.25, 0.3) is 0 Å². The van der Waals surface area contributed by atoms with E-state index in [0.29, 0.717) is 12.5 Å². The average Bonchev–Trinajstić information content (AvgIpc) is 3.29. The quantitative estimate of drug-likeness (QED) is 0.345. The maximum Gasteiger partial charge on any atom is 0.193 e. The third kappa shape index (κ3) is 5.67. The van der Waals surface area contributed by atoms with Crippen LogP contribution in [0.3, 0.4) is 0 Å². The highest BCUT2D eigenvalue weighted by Gasteiger charge is 2.27. The summed E-state index contributed by atoms with van der Waals surface area (Å²) in [7, 11) is 3.61. The second kappa shape index (κ2) is 11.7. The molecule has 2 aromatic carbocycles. The van der Waals surface area contributed by atoms with Crippen molar-refractivity contribution < 1.29 is 9.47 Å². The lowest BCUT2D eigenvalue weighted by atomic mass is 10.0. The number of aliphatic imine (C=N–C) groups is 1. The van der Waals surface area contributed by atoms with E-state index >= 15 is 0 Å². The van der Waals surface area contributed by atoms with Crippen LogP contribution < -0.4 is 15.0 Å². The van der Waals surface area contributed by atoms with Gasteiger partial charge in [-0.3, -0.25) is 4.99 Å². The Morgan fingerprint density at radius 1 is 1.12 bits per heavy atom. The molecule has 2 unspecified atom stereocenters. The van der Waals surface area contributed by atoms with Gasteiger partial charge in [0.15, 0.2) is 5.96 Å². The van der Waals surface area contributed by atoms with Gasteiger partial charge < -0.3 is 24.6 Å². The Morgan fingerprint density at radius 3 is 2.69 bits per heavy atom. The van der Waals surface area contributed by atoms with E-state index in [9.17, 15) is 0 Å². The number of benzene rings is 2. The van der Waals surface area contributed by atoms with E-state index in [4.69, 9.17) is 9.47 Å². The molecule has 0 spiro atoms. The van der Waals surface area contributed by atoms with Crippen LogP contribution in [0.1, 0.15) is 23.7 Å². The zero-order valence-corrected chi connectivity index (χ0v) is 21.6. The summed E-state index contributed by atoms with van der Waals surface area (Å²) in [6.45, 7) is 7.55. The number of morpholine rings is 1. The minimum absolute atomic E-state index is 0. The van der Waals surface area contributed by atoms with E-state index in [1.807, 2.05) is 19.2 Å². The normalized spacial score (nSPS) is 21.3. The lowest BCUT2D eigenvalue weighted by Gasteiger charge is -2.36. The third-order valence-corrected chi connectivity index (χ3v) is 6.37. The smallest absolute Gasteiger partial charge is 0.193 e. The molecule has 4 rings (SSSR count). The first-order valence-corrected chi connectivity index (χ1v) is 11.2. The molecule has 2 heterocycles. The van der Waals surface area contributed by atoms with Crippen molar-refractivity contribution in [3.05, 3.63) is 59.7 Å². The molecule has 6 nitrogen and oxygen atoms in total. The highest BCUT2D eigenvalue weighted by Crippen LogP contribution is 2.32. The fourth-order valence-electron chi connectivity index (χ4n) is 4.65. The monoisotopic (exact) mass is 550 g/mol. The molecule has 32 heavy (non-hydrogen) atoms. The molecule has 0 saturated carbocycles. The molecule has 1 N–H and O–H groups in total. The zero-order chi connectivity index (χ0) is 21.6. The van der Waals surface area contributed by atoms with Crippen LogP contribution in [-0.2, 0) is 4.74 Å². The van der Waals surface area contributed by atoms with Gasteiger partial charge in [-0.05, 0) is 42.5 Å². The van der Waals surface area contributed by atoms with Gasteiger partial charge >= 0.3 is 0 Å². The SMILES string of the molecule is CN=C(NCC1CCN(c2ccccc2OC)C1)N1CCOC(c2ccccc2C)C1.I. The van der Waals surface area contributed by atoms with Crippen molar-refractivity contribution in [2.45, 2.75) is 19.4 Å². The van der Waals surface area contributed by atoms with Gasteiger partial charge in [-0.15, -0.1) is 24.0 Å². The summed E-state index contributed by atoms with van der Waals surface area (Å²) in [6, 6.07) is 16.8. The molecule has 2 fully saturated rings. The van der Waals surface area contributed by atoms with Gasteiger partial charge in [0.25, 0.3) is 0 Å². The topological polar surface area (TPSA) is 49.3 Å². The Kier molecular flexibility index (Phi) is 9.04. The highest BCUT2D eigenvalue weighted by molar-refractivity contribution is 14.0. The second-order valence-corrected chi connectivity index (χ2v) is 8.36. The molecular formula is C25H35IN4O2. The molecule has 7 heteroatoms. The van der Waals surface area contributed by atoms with E-state index < -0.39 is 0 Å². The number of halogens is 1. The Morgan fingerprint density at radius 2 is 1.91 bits per heavy atom. The number of aryl methyl sites for hydroxylation is 1. The van der Waals surface area contributed by atoms with Crippen LogP contribution in [0.2, 0.25) is 0 Å². The predicted octanol–water partition coefficient (Wildman–Crippen LogP) is 4.10. The summed E-state index contributed by atoms with van der Waals surface area (Å²) in [5, 5.41) is 3.63. The van der Waals surface area contributed by atoms with Crippen LogP contribution in [0.4, 0.5) is 5.69 Å². The maximum atomic E-state index is 6.09. The zero-order valence-electron chi connectivity index (χ0n) is 19.3. The van der Waals surface area contributed by atoms with Crippen LogP contribution in [0.15, 0.2) is 53.5 Å². The van der Waals surface area contributed by atoms with E-state index in [1.54, 1.807) is 7.11 Å². The number of methoxy groups -OCH3 is 1. The molecule has 0 bridgehead atoms. The second-order valence-electron chi connectivity index (χ2n) is 8.36. The maximum absolute atomic E-state index is 6.09. The number of hydrogen-bond donors (Lipinski definition) is 1. The van der Waals surface area contributed by atoms with E-state index in [-0.39, 0.29) is 30.1 Å². The molecule has 0 amide bonds. The molecule has 0 radical (unpaired) electrons. The van der Waals surface area contributed by atoms with Crippen LogP contribution in [-0.4, -0.2) is 64.3 Å². The van der Waals surface area contributed by atoms with Crippen molar-refractivity contribution in [2.24, 2.45) is 10.9 Å². The van der Waals surface area contributed by atoms with E-state index in [2.05, 4.69) is 63.4 Å². The number of anilines is 1. The van der Waals surface area contributed by atoms with Crippen LogP contribution >= 0.6 is 24.0 Å². The Hall–Kier alpha value is -2.00. The van der Waals surface area contributed by atoms with Crippen molar-refractivity contribution >= 4 is 35.6 Å². The first-order valence-electron chi connectivity index (χ1n) is 11.2. The number of hydrogen-bond acceptors (Lipinski definition) is 4. The van der Waals surface area contributed by atoms with Gasteiger partial charge in [-0.25, -0.2) is 0 Å². The van der Waals surface area contributed by atoms with Gasteiger partial charge in [0.1, 0.15) is 11.9 Å². The van der Waals surface area contributed by atoms with E-state index in [0.717, 1.165) is 50.9 Å². The van der Waals surface area contributed by atoms with Crippen molar-refractivity contribution in [1.82, 2.24) is 10.2 Å². The molecular weight excluding hydrogens is 515 g/mol. The largest absolute Gasteiger partial charge is 0.495 e. The third-order valence-electron chi connectivity index (χ3n) is 6.37. The molecule has 2 aromatic rings. The van der Waals surface area contributed by atoms with Gasteiger partial charge in [-0.1, -0.05) is 36.4 Å². The number of ether oxygens (including phenoxy) is 2. The molecule has 0 aliphatic carbocycles. The van der Waals surface area contributed by atoms with E-state index in [1.165, 1.54) is 16.8 Å². The first-order chi connectivity index (χ1) is 15.2. The van der Waals surface area contributed by atoms with Crippen molar-refractivity contribution in [1.29, 1.82) is 0 Å². The molecule has 2 atom stereocenters. The summed E-state index contributed by atoms with van der Waals surface area (Å²) >= 11 is 0. The highest BCUT2D eigenvalue weighted by atomic mass is 127. The van der Waals surface area contributed by atoms with Crippen molar-refractivity contribution in [3.8, 4) is 5.75 Å². The Bertz CT molecular complexity index is 907. The molecule has 2 aliphatic rings. The summed E-state index contributed by atoms with van der Waals surface area (Å²) in [5.41, 5.74) is 3.73. The van der Waals surface area contributed by atoms with Gasteiger partial charge in [0.05, 0.1) is 25.9 Å². The fourth-order valence-corrected chi connectivity index (χ4v) is 4.65. The van der Waals surface area contributed by atoms with Crippen LogP contribution in [0.5, 0.6) is 5.75 Å². The lowest BCUT2D eigenvalue weighted by molar-refractivity contribution is -0.00835. The minimum Gasteiger partial charge on any atom is -0.495 e. The average molecular weight is 550 g/mol. The molecule has 2 aliphatic heterocycles. The summed E-state index contributed by atoms with van der Waals surface area (Å²) in [6.07, 6.45) is 1.25. The standard InChI is InChI=1S/C25H34N4O2.HI/c1-19-8-4-5-9-21(19)24-18-29(14-15-31-24)25(26-2)27-16-20-12-13-28(17-20)22-10-6-7-11-23(22)30-3;/h4-11,20,24H,12-18H2,1-3H3,(H,26,27);1H. The number of nitrogens with zero attached hydrogens (tertiary/aromatic N) is 3. The lowest BCUT2D eigenvalue weighted by Crippen LogP contribution is -2.49. The number of nitrogens with one attached hydrogen (secondary N) is 1. The Labute approximate surface area is 209 Å². The number of para-hydroxylation sites is 2. The van der Waals surface area contributed by atoms with Crippen LogP contribution in [0, 0.1) is 12.8 Å². The van der Waals surface area contributed by atoms with Gasteiger partial charge in [0, 0.05) is 33.2 Å². The number of rotatable bonds is 5. The number of guanidine groups is 1. The molecule has 0 aromatic heterocycles. The summed E-state index contributed by atoms with van der Waals surface area (Å²) < 4.78 is 11.6. The van der Waals surface area contributed by atoms with Crippen molar-refractivity contribution in [3.63, 3.8) is 0 Å². The minimum atomic E-state index is 0. The van der Waals surface area contributed by atoms with Crippen molar-refractivity contribution in [2.75, 3.05) is 58.4 Å². The predicted molar refractivity (Wildman–Crippen MR) is 142 cm³/mol. The summed E-state index contributed by atoms with van der Waals surface area (Å²) in [5.74, 6) is 2.50. The summed E-state index contributed by atoms with van der Waals surface area (Å²) in [4.78, 5) is 9.32. The molecule has 2 saturated heterocycles. The Balaban J connectivity index is 0.00000289. The fraction of sp³-hybridized carbons (Fsp3) is 0.480. The van der Waals surface area contributed by atoms with Gasteiger partial charge in [0.2, 0.25) is 0 Å². The van der Waals surface area contributed by atoms with Gasteiger partial charge in [-0.2, -0.15) is 0 Å².